The monoisotopic (exact) mass is 327 g/mol. The van der Waals surface area contributed by atoms with Gasteiger partial charge in [-0.3, -0.25) is 20.0 Å². The van der Waals surface area contributed by atoms with Crippen molar-refractivity contribution in [2.45, 2.75) is 6.92 Å². The normalized spacial score (nSPS) is 14.2. The van der Waals surface area contributed by atoms with Crippen LogP contribution in [-0.4, -0.2) is 22.5 Å². The van der Waals surface area contributed by atoms with Crippen molar-refractivity contribution in [1.29, 1.82) is 0 Å². The van der Waals surface area contributed by atoms with Crippen molar-refractivity contribution in [3.63, 3.8) is 0 Å². The minimum Gasteiger partial charge on any atom is -0.262 e. The Hall–Kier alpha value is -2.80. The highest BCUT2D eigenvalue weighted by atomic mass is 32.1. The maximum atomic E-state index is 10.7. The highest BCUT2D eigenvalue weighted by molar-refractivity contribution is 7.80. The highest BCUT2D eigenvalue weighted by Crippen LogP contribution is 2.19. The first kappa shape index (κ1) is 15.1. The second kappa shape index (κ2) is 6.13. The molecule has 2 N–H and O–H groups in total. The topological polar surface area (TPSA) is 72.4 Å². The van der Waals surface area contributed by atoms with Crippen molar-refractivity contribution in [2.24, 2.45) is 0 Å². The van der Waals surface area contributed by atoms with Gasteiger partial charge in [0.1, 0.15) is 0 Å². The number of thiocarbonyl (C=S) groups is 1. The summed E-state index contributed by atoms with van der Waals surface area (Å²) in [6, 6.07) is 14.4. The Labute approximate surface area is 138 Å². The van der Waals surface area contributed by atoms with Crippen molar-refractivity contribution in [3.8, 4) is 0 Å². The van der Waals surface area contributed by atoms with Gasteiger partial charge in [-0.1, -0.05) is 17.7 Å². The van der Waals surface area contributed by atoms with Crippen LogP contribution in [0.25, 0.3) is 0 Å². The fraction of sp³-hybridized carbons (Fsp3) is 0.125. The van der Waals surface area contributed by atoms with Crippen LogP contribution in [0.15, 0.2) is 48.5 Å². The van der Waals surface area contributed by atoms with E-state index in [1.807, 2.05) is 36.1 Å². The lowest BCUT2D eigenvalue weighted by molar-refractivity contribution is -0.457. The molecule has 0 aliphatic carbocycles. The molecule has 0 saturated heterocycles. The maximum absolute atomic E-state index is 10.7. The largest absolute Gasteiger partial charge is 0.283 e. The summed E-state index contributed by atoms with van der Waals surface area (Å²) in [4.78, 5) is 15.4. The van der Waals surface area contributed by atoms with Crippen molar-refractivity contribution >= 4 is 34.5 Å². The van der Waals surface area contributed by atoms with Crippen LogP contribution < -0.4 is 15.2 Å². The molecule has 3 rings (SSSR count). The summed E-state index contributed by atoms with van der Waals surface area (Å²) in [6.07, 6.45) is 0. The van der Waals surface area contributed by atoms with Crippen molar-refractivity contribution in [3.05, 3.63) is 69.8 Å². The summed E-state index contributed by atoms with van der Waals surface area (Å²) in [6.45, 7) is 2.53. The number of anilines is 1. The van der Waals surface area contributed by atoms with Crippen molar-refractivity contribution < 1.29 is 9.92 Å². The van der Waals surface area contributed by atoms with Gasteiger partial charge in [0.15, 0.2) is 6.67 Å². The van der Waals surface area contributed by atoms with E-state index in [9.17, 15) is 10.1 Å². The Kier molecular flexibility index (Phi) is 4.03. The number of benzene rings is 2. The molecular formula is C16H15N4O2S+. The Morgan fingerprint density at radius 2 is 1.83 bits per heavy atom. The standard InChI is InChI=1S/C16H14N4O2S/c1-11-2-4-12(5-3-11)15-17-10-19(16(23)18-15)13-6-8-14(9-7-13)20(21)22/h2-9H,10H2,1H3,(H,17,18,23)/p+1. The zero-order chi connectivity index (χ0) is 16.4. The quantitative estimate of drug-likeness (QED) is 0.501. The number of nitro groups is 1. The first-order valence-corrected chi connectivity index (χ1v) is 7.46. The van der Waals surface area contributed by atoms with Crippen molar-refractivity contribution in [1.82, 2.24) is 5.32 Å². The average Bonchev–Trinajstić information content (AvgIpc) is 2.55. The van der Waals surface area contributed by atoms with E-state index in [1.165, 1.54) is 17.7 Å². The van der Waals surface area contributed by atoms with Crippen LogP contribution in [0, 0.1) is 17.0 Å². The smallest absolute Gasteiger partial charge is 0.262 e. The molecule has 116 valence electrons. The first-order valence-electron chi connectivity index (χ1n) is 7.05. The van der Waals surface area contributed by atoms with Crippen LogP contribution in [0.4, 0.5) is 11.4 Å². The van der Waals surface area contributed by atoms with Gasteiger partial charge in [-0.15, -0.1) is 0 Å². The average molecular weight is 327 g/mol. The van der Waals surface area contributed by atoms with Crippen molar-refractivity contribution in [2.75, 3.05) is 11.6 Å². The molecule has 1 heterocycles. The molecule has 1 aliphatic rings. The Morgan fingerprint density at radius 3 is 2.39 bits per heavy atom. The van der Waals surface area contributed by atoms with Crippen LogP contribution in [-0.2, 0) is 0 Å². The third-order valence-corrected chi connectivity index (χ3v) is 3.93. The lowest BCUT2D eigenvalue weighted by Crippen LogP contribution is -2.85. The highest BCUT2D eigenvalue weighted by Gasteiger charge is 2.25. The van der Waals surface area contributed by atoms with E-state index in [0.717, 1.165) is 17.1 Å². The molecule has 7 heteroatoms. The number of nitrogens with one attached hydrogen (secondary N) is 2. The van der Waals surface area contributed by atoms with E-state index in [2.05, 4.69) is 10.3 Å². The van der Waals surface area contributed by atoms with E-state index in [1.54, 1.807) is 12.1 Å². The summed E-state index contributed by atoms with van der Waals surface area (Å²) in [5.41, 5.74) is 3.08. The number of hydrogen-bond acceptors (Lipinski definition) is 3. The molecule has 23 heavy (non-hydrogen) atoms. The van der Waals surface area contributed by atoms with Gasteiger partial charge >= 0.3 is 0 Å². The fourth-order valence-electron chi connectivity index (χ4n) is 2.31. The summed E-state index contributed by atoms with van der Waals surface area (Å²) in [7, 11) is 0. The van der Waals surface area contributed by atoms with Gasteiger partial charge in [-0.2, -0.15) is 0 Å². The third kappa shape index (κ3) is 3.19. The third-order valence-electron chi connectivity index (χ3n) is 3.60. The number of aryl methyl sites for hydroxylation is 1. The molecule has 0 spiro atoms. The molecule has 0 unspecified atom stereocenters. The SMILES string of the molecule is Cc1ccc(C2=[NH+]CN(c3ccc([N+](=O)[O-])cc3)C(=S)N2)cc1. The molecule has 0 amide bonds. The summed E-state index contributed by atoms with van der Waals surface area (Å²) >= 11 is 5.42. The summed E-state index contributed by atoms with van der Waals surface area (Å²) in [5, 5.41) is 14.4. The molecule has 1 aliphatic heterocycles. The number of nitrogens with zero attached hydrogens (tertiary/aromatic N) is 2. The van der Waals surface area contributed by atoms with Crippen LogP contribution >= 0.6 is 12.2 Å². The lowest BCUT2D eigenvalue weighted by Gasteiger charge is -2.24. The van der Waals surface area contributed by atoms with Gasteiger partial charge in [-0.25, -0.2) is 5.32 Å². The fourth-order valence-corrected chi connectivity index (χ4v) is 2.58. The molecule has 0 aromatic heterocycles. The molecule has 0 bridgehead atoms. The van der Waals surface area contributed by atoms with E-state index in [0.29, 0.717) is 11.8 Å². The van der Waals surface area contributed by atoms with Crippen LogP contribution in [0.2, 0.25) is 0 Å². The summed E-state index contributed by atoms with van der Waals surface area (Å²) < 4.78 is 0. The van der Waals surface area contributed by atoms with Crippen LogP contribution in [0.1, 0.15) is 11.1 Å². The van der Waals surface area contributed by atoms with Gasteiger partial charge in [0.05, 0.1) is 10.5 Å². The van der Waals surface area contributed by atoms with Gasteiger partial charge in [-0.05, 0) is 43.4 Å². The second-order valence-corrected chi connectivity index (χ2v) is 5.59. The number of nitro benzene ring substituents is 1. The molecule has 2 aromatic carbocycles. The van der Waals surface area contributed by atoms with Gasteiger partial charge < -0.3 is 0 Å². The van der Waals surface area contributed by atoms with E-state index in [4.69, 9.17) is 12.2 Å². The van der Waals surface area contributed by atoms with Crippen LogP contribution in [0.5, 0.6) is 0 Å². The minimum atomic E-state index is -0.419. The molecule has 0 fully saturated rings. The molecule has 6 nitrogen and oxygen atoms in total. The maximum Gasteiger partial charge on any atom is 0.283 e. The molecular weight excluding hydrogens is 312 g/mol. The van der Waals surface area contributed by atoms with Crippen LogP contribution in [0.3, 0.4) is 0 Å². The number of non-ortho nitro benzene ring substituents is 1. The zero-order valence-electron chi connectivity index (χ0n) is 12.4. The van der Waals surface area contributed by atoms with E-state index < -0.39 is 4.92 Å². The Morgan fingerprint density at radius 1 is 1.17 bits per heavy atom. The lowest BCUT2D eigenvalue weighted by atomic mass is 10.1. The van der Waals surface area contributed by atoms with Gasteiger partial charge in [0, 0.05) is 17.8 Å². The van der Waals surface area contributed by atoms with E-state index >= 15 is 0 Å². The second-order valence-electron chi connectivity index (χ2n) is 5.21. The predicted octanol–water partition coefficient (Wildman–Crippen LogP) is 1.08. The first-order chi connectivity index (χ1) is 11.0. The number of amidine groups is 1. The molecule has 2 aromatic rings. The number of rotatable bonds is 3. The molecule has 0 radical (unpaired) electrons. The minimum absolute atomic E-state index is 0.0597. The van der Waals surface area contributed by atoms with Gasteiger partial charge in [0.25, 0.3) is 16.6 Å². The zero-order valence-corrected chi connectivity index (χ0v) is 13.3. The summed E-state index contributed by atoms with van der Waals surface area (Å²) in [5.74, 6) is 0.855. The van der Waals surface area contributed by atoms with E-state index in [-0.39, 0.29) is 5.69 Å². The van der Waals surface area contributed by atoms with Gasteiger partial charge in [0.2, 0.25) is 0 Å². The predicted molar refractivity (Wildman–Crippen MR) is 92.4 cm³/mol. The molecule has 0 atom stereocenters. The number of hydrogen-bond donors (Lipinski definition) is 2. The Balaban J connectivity index is 1.81. The Bertz CT molecular complexity index is 785. The molecule has 0 saturated carbocycles.